The standard InChI is InChI=1S/C21H23N3O/c1-2-16(15-9-4-3-5-10-15)21(25)24-14-8-13-19(24)20-22-17-11-6-7-12-18(17)23-20/h3-7,9-12,16,19H,2,8,13-14H2,1H3,(H,22,23). The first-order chi connectivity index (χ1) is 12.3. The molecule has 1 aliphatic rings. The zero-order chi connectivity index (χ0) is 17.2. The molecule has 0 bridgehead atoms. The summed E-state index contributed by atoms with van der Waals surface area (Å²) >= 11 is 0. The molecule has 4 heteroatoms. The Hall–Kier alpha value is -2.62. The van der Waals surface area contributed by atoms with Crippen LogP contribution in [0.4, 0.5) is 0 Å². The Labute approximate surface area is 147 Å². The topological polar surface area (TPSA) is 49.0 Å². The molecule has 1 fully saturated rings. The fraction of sp³-hybridized carbons (Fsp3) is 0.333. The number of nitrogens with zero attached hydrogens (tertiary/aromatic N) is 2. The lowest BCUT2D eigenvalue weighted by Gasteiger charge is -2.27. The predicted molar refractivity (Wildman–Crippen MR) is 99.3 cm³/mol. The van der Waals surface area contributed by atoms with Crippen molar-refractivity contribution in [3.8, 4) is 0 Å². The summed E-state index contributed by atoms with van der Waals surface area (Å²) < 4.78 is 0. The summed E-state index contributed by atoms with van der Waals surface area (Å²) in [6, 6.07) is 18.2. The molecule has 1 N–H and O–H groups in total. The van der Waals surface area contributed by atoms with Crippen LogP contribution in [-0.4, -0.2) is 27.3 Å². The molecule has 25 heavy (non-hydrogen) atoms. The zero-order valence-corrected chi connectivity index (χ0v) is 14.5. The Kier molecular flexibility index (Phi) is 4.26. The Morgan fingerprint density at radius 1 is 1.20 bits per heavy atom. The first-order valence-electron chi connectivity index (χ1n) is 9.08. The van der Waals surface area contributed by atoms with Gasteiger partial charge >= 0.3 is 0 Å². The molecular weight excluding hydrogens is 310 g/mol. The second-order valence-electron chi connectivity index (χ2n) is 6.70. The highest BCUT2D eigenvalue weighted by atomic mass is 16.2. The Balaban J connectivity index is 1.63. The first-order valence-corrected chi connectivity index (χ1v) is 9.08. The average Bonchev–Trinajstić information content (AvgIpc) is 3.29. The molecule has 2 heterocycles. The van der Waals surface area contributed by atoms with Gasteiger partial charge < -0.3 is 9.88 Å². The number of likely N-dealkylation sites (tertiary alicyclic amines) is 1. The third-order valence-corrected chi connectivity index (χ3v) is 5.17. The highest BCUT2D eigenvalue weighted by molar-refractivity contribution is 5.84. The lowest BCUT2D eigenvalue weighted by atomic mass is 9.94. The van der Waals surface area contributed by atoms with Crippen molar-refractivity contribution in [1.29, 1.82) is 0 Å². The number of imidazole rings is 1. The van der Waals surface area contributed by atoms with E-state index in [2.05, 4.69) is 24.0 Å². The average molecular weight is 333 g/mol. The van der Waals surface area contributed by atoms with Gasteiger partial charge in [-0.15, -0.1) is 0 Å². The molecule has 0 spiro atoms. The molecule has 4 rings (SSSR count). The van der Waals surface area contributed by atoms with E-state index in [1.165, 1.54) is 0 Å². The molecule has 2 unspecified atom stereocenters. The van der Waals surface area contributed by atoms with Gasteiger partial charge in [-0.05, 0) is 37.0 Å². The van der Waals surface area contributed by atoms with Crippen molar-refractivity contribution in [1.82, 2.24) is 14.9 Å². The minimum Gasteiger partial charge on any atom is -0.340 e. The third-order valence-electron chi connectivity index (χ3n) is 5.17. The third kappa shape index (κ3) is 2.93. The summed E-state index contributed by atoms with van der Waals surface area (Å²) in [6.45, 7) is 2.89. The van der Waals surface area contributed by atoms with Gasteiger partial charge in [0, 0.05) is 6.54 Å². The number of nitrogens with one attached hydrogen (secondary N) is 1. The monoisotopic (exact) mass is 333 g/mol. The highest BCUT2D eigenvalue weighted by Gasteiger charge is 2.35. The second kappa shape index (κ2) is 6.71. The van der Waals surface area contributed by atoms with Crippen molar-refractivity contribution in [2.75, 3.05) is 6.54 Å². The van der Waals surface area contributed by atoms with Gasteiger partial charge in [-0.2, -0.15) is 0 Å². The van der Waals surface area contributed by atoms with Crippen LogP contribution in [0.15, 0.2) is 54.6 Å². The maximum Gasteiger partial charge on any atom is 0.230 e. The number of para-hydroxylation sites is 2. The van der Waals surface area contributed by atoms with Crippen LogP contribution in [0.2, 0.25) is 0 Å². The van der Waals surface area contributed by atoms with Crippen LogP contribution in [0, 0.1) is 0 Å². The van der Waals surface area contributed by atoms with Crippen molar-refractivity contribution in [3.63, 3.8) is 0 Å². The van der Waals surface area contributed by atoms with Crippen LogP contribution >= 0.6 is 0 Å². The van der Waals surface area contributed by atoms with Crippen molar-refractivity contribution in [3.05, 3.63) is 66.0 Å². The van der Waals surface area contributed by atoms with Crippen LogP contribution in [0.25, 0.3) is 11.0 Å². The molecule has 4 nitrogen and oxygen atoms in total. The van der Waals surface area contributed by atoms with E-state index in [1.807, 2.05) is 47.4 Å². The number of hydrogen-bond donors (Lipinski definition) is 1. The number of hydrogen-bond acceptors (Lipinski definition) is 2. The van der Waals surface area contributed by atoms with Crippen molar-refractivity contribution < 1.29 is 4.79 Å². The number of aromatic amines is 1. The molecule has 2 aromatic carbocycles. The van der Waals surface area contributed by atoms with Crippen LogP contribution in [-0.2, 0) is 4.79 Å². The number of amides is 1. The Bertz CT molecular complexity index is 838. The number of benzene rings is 2. The first kappa shape index (κ1) is 15.9. The Morgan fingerprint density at radius 3 is 2.72 bits per heavy atom. The molecule has 0 saturated carbocycles. The van der Waals surface area contributed by atoms with Gasteiger partial charge in [-0.3, -0.25) is 4.79 Å². The van der Waals surface area contributed by atoms with Crippen LogP contribution in [0.3, 0.4) is 0 Å². The molecule has 1 saturated heterocycles. The van der Waals surface area contributed by atoms with Gasteiger partial charge in [0.2, 0.25) is 5.91 Å². The maximum absolute atomic E-state index is 13.3. The van der Waals surface area contributed by atoms with Crippen LogP contribution in [0.1, 0.15) is 49.5 Å². The molecule has 2 atom stereocenters. The largest absolute Gasteiger partial charge is 0.340 e. The highest BCUT2D eigenvalue weighted by Crippen LogP contribution is 2.35. The Morgan fingerprint density at radius 2 is 1.96 bits per heavy atom. The van der Waals surface area contributed by atoms with Gasteiger partial charge in [-0.25, -0.2) is 4.98 Å². The van der Waals surface area contributed by atoms with Crippen LogP contribution < -0.4 is 0 Å². The number of fused-ring (bicyclic) bond motifs is 1. The summed E-state index contributed by atoms with van der Waals surface area (Å²) in [5.41, 5.74) is 3.10. The minimum atomic E-state index is -0.0776. The maximum atomic E-state index is 13.3. The van der Waals surface area contributed by atoms with E-state index >= 15 is 0 Å². The molecule has 1 aliphatic heterocycles. The summed E-state index contributed by atoms with van der Waals surface area (Å²) in [7, 11) is 0. The summed E-state index contributed by atoms with van der Waals surface area (Å²) in [4.78, 5) is 23.4. The fourth-order valence-corrected chi connectivity index (χ4v) is 3.88. The lowest BCUT2D eigenvalue weighted by Crippen LogP contribution is -2.35. The van der Waals surface area contributed by atoms with E-state index in [9.17, 15) is 4.79 Å². The van der Waals surface area contributed by atoms with Gasteiger partial charge in [0.05, 0.1) is 23.0 Å². The number of rotatable bonds is 4. The van der Waals surface area contributed by atoms with Crippen LogP contribution in [0.5, 0.6) is 0 Å². The molecule has 1 amide bonds. The zero-order valence-electron chi connectivity index (χ0n) is 14.5. The van der Waals surface area contributed by atoms with Gasteiger partial charge in [0.25, 0.3) is 0 Å². The van der Waals surface area contributed by atoms with E-state index < -0.39 is 0 Å². The van der Waals surface area contributed by atoms with Gasteiger partial charge in [0.15, 0.2) is 0 Å². The number of carbonyl (C=O) groups excluding carboxylic acids is 1. The fourth-order valence-electron chi connectivity index (χ4n) is 3.88. The van der Waals surface area contributed by atoms with Crippen molar-refractivity contribution in [2.24, 2.45) is 0 Å². The minimum absolute atomic E-state index is 0.0534. The van der Waals surface area contributed by atoms with E-state index in [4.69, 9.17) is 4.98 Å². The molecule has 1 aromatic heterocycles. The second-order valence-corrected chi connectivity index (χ2v) is 6.70. The number of H-pyrrole nitrogens is 1. The van der Waals surface area contributed by atoms with E-state index in [-0.39, 0.29) is 17.9 Å². The quantitative estimate of drug-likeness (QED) is 0.768. The van der Waals surface area contributed by atoms with E-state index in [1.54, 1.807) is 0 Å². The summed E-state index contributed by atoms with van der Waals surface area (Å²) in [6.07, 6.45) is 2.81. The molecule has 0 aliphatic carbocycles. The van der Waals surface area contributed by atoms with Gasteiger partial charge in [0.1, 0.15) is 5.82 Å². The van der Waals surface area contributed by atoms with Crippen molar-refractivity contribution >= 4 is 16.9 Å². The summed E-state index contributed by atoms with van der Waals surface area (Å²) in [5, 5.41) is 0. The SMILES string of the molecule is CCC(C(=O)N1CCCC1c1nc2ccccc2[nH]1)c1ccccc1. The molecule has 3 aromatic rings. The molecule has 0 radical (unpaired) electrons. The molecular formula is C21H23N3O. The predicted octanol–water partition coefficient (Wildman–Crippen LogP) is 4.42. The number of aromatic nitrogens is 2. The number of carbonyl (C=O) groups is 1. The molecule has 128 valence electrons. The summed E-state index contributed by atoms with van der Waals surface area (Å²) in [5.74, 6) is 1.05. The smallest absolute Gasteiger partial charge is 0.230 e. The van der Waals surface area contributed by atoms with Crippen molar-refractivity contribution in [2.45, 2.75) is 38.1 Å². The van der Waals surface area contributed by atoms with Gasteiger partial charge in [-0.1, -0.05) is 49.4 Å². The van der Waals surface area contributed by atoms with E-state index in [0.717, 1.165) is 48.2 Å². The lowest BCUT2D eigenvalue weighted by molar-refractivity contribution is -0.134. The normalized spacial score (nSPS) is 18.6. The van der Waals surface area contributed by atoms with E-state index in [0.29, 0.717) is 0 Å².